The van der Waals surface area contributed by atoms with E-state index in [1.54, 1.807) is 18.3 Å². The van der Waals surface area contributed by atoms with Crippen molar-refractivity contribution in [1.82, 2.24) is 9.71 Å². The fourth-order valence-electron chi connectivity index (χ4n) is 3.91. The highest BCUT2D eigenvalue weighted by Crippen LogP contribution is 2.40. The first-order chi connectivity index (χ1) is 15.9. The molecule has 6 nitrogen and oxygen atoms in total. The van der Waals surface area contributed by atoms with Crippen LogP contribution < -0.4 is 14.2 Å². The van der Waals surface area contributed by atoms with Crippen LogP contribution in [0.25, 0.3) is 10.9 Å². The van der Waals surface area contributed by atoms with E-state index in [1.807, 2.05) is 30.3 Å². The minimum absolute atomic E-state index is 0.135. The number of nitrogens with one attached hydrogen (secondary N) is 2. The van der Waals surface area contributed by atoms with Crippen molar-refractivity contribution in [1.29, 1.82) is 0 Å². The van der Waals surface area contributed by atoms with E-state index in [-0.39, 0.29) is 6.54 Å². The third-order valence-corrected chi connectivity index (χ3v) is 6.90. The van der Waals surface area contributed by atoms with Crippen LogP contribution in [0.2, 0.25) is 0 Å². The van der Waals surface area contributed by atoms with Crippen LogP contribution in [-0.2, 0) is 10.0 Å². The summed E-state index contributed by atoms with van der Waals surface area (Å²) in [5.41, 5.74) is 2.35. The summed E-state index contributed by atoms with van der Waals surface area (Å²) in [7, 11) is -1.33. The van der Waals surface area contributed by atoms with E-state index < -0.39 is 32.5 Å². The zero-order valence-electron chi connectivity index (χ0n) is 17.9. The molecule has 0 fully saturated rings. The lowest BCUT2D eigenvalue weighted by Gasteiger charge is -2.22. The van der Waals surface area contributed by atoms with Gasteiger partial charge in [-0.05, 0) is 35.9 Å². The van der Waals surface area contributed by atoms with E-state index in [0.29, 0.717) is 23.1 Å². The molecule has 1 atom stereocenters. The van der Waals surface area contributed by atoms with Crippen molar-refractivity contribution in [2.24, 2.45) is 0 Å². The number of halogens is 2. The van der Waals surface area contributed by atoms with Gasteiger partial charge in [0.2, 0.25) is 10.0 Å². The number of benzene rings is 3. The molecule has 3 aromatic carbocycles. The number of aromatic nitrogens is 1. The van der Waals surface area contributed by atoms with Gasteiger partial charge in [-0.2, -0.15) is 0 Å². The maximum atomic E-state index is 14.2. The van der Waals surface area contributed by atoms with Crippen LogP contribution >= 0.6 is 0 Å². The molecule has 1 aromatic heterocycles. The molecule has 0 aliphatic heterocycles. The number of hydrogen-bond donors (Lipinski definition) is 2. The van der Waals surface area contributed by atoms with Crippen LogP contribution in [0.15, 0.2) is 71.8 Å². The van der Waals surface area contributed by atoms with E-state index in [4.69, 9.17) is 9.47 Å². The normalized spacial score (nSPS) is 12.6. The predicted octanol–water partition coefficient (Wildman–Crippen LogP) is 4.57. The monoisotopic (exact) mass is 472 g/mol. The molecule has 0 saturated carbocycles. The topological polar surface area (TPSA) is 80.4 Å². The highest BCUT2D eigenvalue weighted by Gasteiger charge is 2.27. The van der Waals surface area contributed by atoms with E-state index in [1.165, 1.54) is 14.2 Å². The summed E-state index contributed by atoms with van der Waals surface area (Å²) >= 11 is 0. The fourth-order valence-corrected chi connectivity index (χ4v) is 5.04. The number of methoxy groups -OCH3 is 2. The maximum absolute atomic E-state index is 14.2. The molecule has 1 unspecified atom stereocenters. The van der Waals surface area contributed by atoms with Crippen LogP contribution in [0, 0.1) is 11.6 Å². The lowest BCUT2D eigenvalue weighted by atomic mass is 9.90. The van der Waals surface area contributed by atoms with Crippen LogP contribution in [-0.4, -0.2) is 34.2 Å². The molecule has 33 heavy (non-hydrogen) atoms. The minimum Gasteiger partial charge on any atom is -0.493 e. The molecule has 2 N–H and O–H groups in total. The van der Waals surface area contributed by atoms with Gasteiger partial charge in [0.1, 0.15) is 16.5 Å². The molecule has 4 rings (SSSR count). The standard InChI is InChI=1S/C24H22F2N2O4S/c1-31-22-9-5-7-17(24(22)32-2)19(18-13-27-21-8-4-3-6-16(18)21)14-28-33(29,30)23-12-15(25)10-11-20(23)26/h3-13,19,27-28H,14H2,1-2H3. The van der Waals surface area contributed by atoms with Crippen molar-refractivity contribution in [3.8, 4) is 11.5 Å². The SMILES string of the molecule is COc1cccc(C(CNS(=O)(=O)c2cc(F)ccc2F)c2c[nH]c3ccccc23)c1OC. The molecule has 1 heterocycles. The quantitative estimate of drug-likeness (QED) is 0.394. The van der Waals surface area contributed by atoms with Gasteiger partial charge in [0.25, 0.3) is 0 Å². The lowest BCUT2D eigenvalue weighted by Crippen LogP contribution is -2.30. The number of aromatic amines is 1. The van der Waals surface area contributed by atoms with Gasteiger partial charge in [0, 0.05) is 35.1 Å². The first kappa shape index (κ1) is 22.8. The van der Waals surface area contributed by atoms with Gasteiger partial charge in [0.15, 0.2) is 11.5 Å². The average Bonchev–Trinajstić information content (AvgIpc) is 3.24. The molecule has 0 spiro atoms. The van der Waals surface area contributed by atoms with Crippen molar-refractivity contribution in [2.45, 2.75) is 10.8 Å². The number of H-pyrrole nitrogens is 1. The Morgan fingerprint density at radius 2 is 1.76 bits per heavy atom. The van der Waals surface area contributed by atoms with Crippen molar-refractivity contribution in [3.05, 3.63) is 89.6 Å². The third kappa shape index (κ3) is 4.42. The average molecular weight is 473 g/mol. The van der Waals surface area contributed by atoms with E-state index in [0.717, 1.165) is 28.6 Å². The molecule has 0 amide bonds. The highest BCUT2D eigenvalue weighted by molar-refractivity contribution is 7.89. The summed E-state index contributed by atoms with van der Waals surface area (Å²) < 4.78 is 67.0. The molecule has 4 aromatic rings. The Hall–Kier alpha value is -3.43. The predicted molar refractivity (Wildman–Crippen MR) is 121 cm³/mol. The minimum atomic E-state index is -4.34. The number of rotatable bonds is 8. The molecular weight excluding hydrogens is 450 g/mol. The molecule has 9 heteroatoms. The molecular formula is C24H22F2N2O4S. The largest absolute Gasteiger partial charge is 0.493 e. The highest BCUT2D eigenvalue weighted by atomic mass is 32.2. The smallest absolute Gasteiger partial charge is 0.243 e. The van der Waals surface area contributed by atoms with Crippen molar-refractivity contribution in [3.63, 3.8) is 0 Å². The number of fused-ring (bicyclic) bond motifs is 1. The van der Waals surface area contributed by atoms with Gasteiger partial charge in [-0.3, -0.25) is 0 Å². The molecule has 0 saturated heterocycles. The van der Waals surface area contributed by atoms with Gasteiger partial charge < -0.3 is 14.5 Å². The van der Waals surface area contributed by atoms with Crippen LogP contribution in [0.1, 0.15) is 17.0 Å². The van der Waals surface area contributed by atoms with Crippen molar-refractivity contribution < 1.29 is 26.7 Å². The van der Waals surface area contributed by atoms with Gasteiger partial charge in [0.05, 0.1) is 14.2 Å². The summed E-state index contributed by atoms with van der Waals surface area (Å²) in [6, 6.07) is 15.2. The number of sulfonamides is 1. The molecule has 0 radical (unpaired) electrons. The first-order valence-electron chi connectivity index (χ1n) is 10.1. The van der Waals surface area contributed by atoms with Crippen LogP contribution in [0.3, 0.4) is 0 Å². The second-order valence-corrected chi connectivity index (χ2v) is 9.09. The summed E-state index contributed by atoms with van der Waals surface area (Å²) in [5.74, 6) is -1.48. The lowest BCUT2D eigenvalue weighted by molar-refractivity contribution is 0.350. The number of para-hydroxylation sites is 2. The van der Waals surface area contributed by atoms with E-state index >= 15 is 0 Å². The summed E-state index contributed by atoms with van der Waals surface area (Å²) in [6.45, 7) is -0.135. The van der Waals surface area contributed by atoms with Gasteiger partial charge in [-0.25, -0.2) is 21.9 Å². The van der Waals surface area contributed by atoms with Gasteiger partial charge in [-0.15, -0.1) is 0 Å². The zero-order valence-corrected chi connectivity index (χ0v) is 18.7. The van der Waals surface area contributed by atoms with Gasteiger partial charge in [-0.1, -0.05) is 30.3 Å². The van der Waals surface area contributed by atoms with Crippen LogP contribution in [0.5, 0.6) is 11.5 Å². The van der Waals surface area contributed by atoms with Crippen LogP contribution in [0.4, 0.5) is 8.78 Å². The molecule has 0 bridgehead atoms. The Kier molecular flexibility index (Phi) is 6.35. The molecule has 0 aliphatic carbocycles. The van der Waals surface area contributed by atoms with E-state index in [9.17, 15) is 17.2 Å². The Bertz CT molecular complexity index is 1400. The summed E-state index contributed by atoms with van der Waals surface area (Å²) in [4.78, 5) is 2.44. The van der Waals surface area contributed by atoms with Gasteiger partial charge >= 0.3 is 0 Å². The number of hydrogen-bond acceptors (Lipinski definition) is 4. The molecule has 172 valence electrons. The number of ether oxygens (including phenoxy) is 2. The Morgan fingerprint density at radius 1 is 0.970 bits per heavy atom. The van der Waals surface area contributed by atoms with Crippen molar-refractivity contribution >= 4 is 20.9 Å². The Labute approximate surface area is 190 Å². The third-order valence-electron chi connectivity index (χ3n) is 5.47. The molecule has 0 aliphatic rings. The summed E-state index contributed by atoms with van der Waals surface area (Å²) in [5, 5.41) is 0.892. The Morgan fingerprint density at radius 3 is 2.52 bits per heavy atom. The zero-order chi connectivity index (χ0) is 23.6. The Balaban J connectivity index is 1.80. The second-order valence-electron chi connectivity index (χ2n) is 7.35. The van der Waals surface area contributed by atoms with Crippen molar-refractivity contribution in [2.75, 3.05) is 20.8 Å². The first-order valence-corrected chi connectivity index (χ1v) is 11.6. The second kappa shape index (κ2) is 9.21. The van der Waals surface area contributed by atoms with E-state index in [2.05, 4.69) is 9.71 Å². The maximum Gasteiger partial charge on any atom is 0.243 e. The fraction of sp³-hybridized carbons (Fsp3) is 0.167. The summed E-state index contributed by atoms with van der Waals surface area (Å²) in [6.07, 6.45) is 1.80.